The van der Waals surface area contributed by atoms with Crippen LogP contribution in [0.3, 0.4) is 0 Å². The molecule has 0 aliphatic carbocycles. The average Bonchev–Trinajstić information content (AvgIpc) is 3.23. The van der Waals surface area contributed by atoms with Gasteiger partial charge in [0, 0.05) is 31.7 Å². The van der Waals surface area contributed by atoms with E-state index in [2.05, 4.69) is 41.1 Å². The molecule has 1 N–H and O–H groups in total. The molecule has 0 bridgehead atoms. The minimum absolute atomic E-state index is 0.185. The van der Waals surface area contributed by atoms with Gasteiger partial charge < -0.3 is 15.0 Å². The number of hydrogen-bond donors (Lipinski definition) is 1. The van der Waals surface area contributed by atoms with Gasteiger partial charge >= 0.3 is 0 Å². The lowest BCUT2D eigenvalue weighted by Crippen LogP contribution is -2.44. The molecule has 156 valence electrons. The summed E-state index contributed by atoms with van der Waals surface area (Å²) >= 11 is 0. The van der Waals surface area contributed by atoms with Crippen LogP contribution in [-0.4, -0.2) is 62.1 Å². The maximum Gasteiger partial charge on any atom is 0.227 e. The number of likely N-dealkylation sites (tertiary alicyclic amines) is 1. The van der Waals surface area contributed by atoms with Crippen molar-refractivity contribution in [2.75, 3.05) is 46.4 Å². The molecule has 2 aliphatic heterocycles. The van der Waals surface area contributed by atoms with Crippen molar-refractivity contribution in [1.82, 2.24) is 15.1 Å². The largest absolute Gasteiger partial charge is 0.496 e. The fourth-order valence-electron chi connectivity index (χ4n) is 4.53. The van der Waals surface area contributed by atoms with Crippen LogP contribution in [0.5, 0.6) is 5.75 Å². The molecule has 0 unspecified atom stereocenters. The normalized spacial score (nSPS) is 21.2. The van der Waals surface area contributed by atoms with E-state index in [4.69, 9.17) is 4.74 Å². The molecule has 3 rings (SSSR count). The molecule has 2 fully saturated rings. The van der Waals surface area contributed by atoms with Crippen LogP contribution in [0.15, 0.2) is 24.3 Å². The number of carbonyl (C=O) groups is 1. The van der Waals surface area contributed by atoms with Gasteiger partial charge in [-0.05, 0) is 56.8 Å². The lowest BCUT2D eigenvalue weighted by Gasteiger charge is -2.36. The average molecular weight is 388 g/mol. The molecule has 0 saturated carbocycles. The van der Waals surface area contributed by atoms with Crippen LogP contribution in [0.1, 0.15) is 38.7 Å². The summed E-state index contributed by atoms with van der Waals surface area (Å²) in [7, 11) is 1.74. The first-order valence-electron chi connectivity index (χ1n) is 10.9. The van der Waals surface area contributed by atoms with Gasteiger partial charge in [0.2, 0.25) is 5.91 Å². The van der Waals surface area contributed by atoms with E-state index >= 15 is 0 Å². The highest BCUT2D eigenvalue weighted by Crippen LogP contribution is 2.25. The Labute approximate surface area is 170 Å². The number of hydrogen-bond acceptors (Lipinski definition) is 4. The molecular formula is C23H37N3O2. The van der Waals surface area contributed by atoms with Gasteiger partial charge in [-0.1, -0.05) is 32.0 Å². The molecule has 0 spiro atoms. The Morgan fingerprint density at radius 1 is 1.25 bits per heavy atom. The summed E-state index contributed by atoms with van der Waals surface area (Å²) in [6, 6.07) is 8.30. The van der Waals surface area contributed by atoms with Crippen LogP contribution < -0.4 is 10.1 Å². The van der Waals surface area contributed by atoms with Crippen molar-refractivity contribution in [2.24, 2.45) is 17.8 Å². The van der Waals surface area contributed by atoms with Crippen molar-refractivity contribution in [3.63, 3.8) is 0 Å². The molecule has 1 atom stereocenters. The van der Waals surface area contributed by atoms with Crippen LogP contribution in [0.25, 0.3) is 0 Å². The maximum atomic E-state index is 13.0. The van der Waals surface area contributed by atoms with Gasteiger partial charge in [0.05, 0.1) is 13.0 Å². The number of rotatable bonds is 8. The highest BCUT2D eigenvalue weighted by atomic mass is 16.5. The monoisotopic (exact) mass is 387 g/mol. The number of para-hydroxylation sites is 1. The van der Waals surface area contributed by atoms with Crippen LogP contribution in [0.2, 0.25) is 0 Å². The van der Waals surface area contributed by atoms with E-state index in [-0.39, 0.29) is 5.92 Å². The quantitative estimate of drug-likeness (QED) is 0.745. The Hall–Kier alpha value is -1.59. The Balaban J connectivity index is 1.51. The maximum absolute atomic E-state index is 13.0. The second-order valence-electron chi connectivity index (χ2n) is 8.86. The highest BCUT2D eigenvalue weighted by Gasteiger charge is 2.30. The van der Waals surface area contributed by atoms with E-state index in [1.807, 2.05) is 12.1 Å². The SMILES string of the molecule is COc1ccccc1CN1CCC(CN(CC(C)C)C(=O)[C@@H]2CCNC2)CC1. The zero-order valence-electron chi connectivity index (χ0n) is 17.8. The minimum Gasteiger partial charge on any atom is -0.496 e. The standard InChI is InChI=1S/C23H37N3O2/c1-18(2)15-26(23(27)20-8-11-24-14-20)16-19-9-12-25(13-10-19)17-21-6-4-5-7-22(21)28-3/h4-7,18-20,24H,8-17H2,1-3H3/t20-/m1/s1. The predicted molar refractivity (Wildman–Crippen MR) is 113 cm³/mol. The zero-order valence-corrected chi connectivity index (χ0v) is 17.8. The second-order valence-corrected chi connectivity index (χ2v) is 8.86. The topological polar surface area (TPSA) is 44.8 Å². The molecule has 5 nitrogen and oxygen atoms in total. The van der Waals surface area contributed by atoms with E-state index < -0.39 is 0 Å². The van der Waals surface area contributed by atoms with Crippen molar-refractivity contribution < 1.29 is 9.53 Å². The molecule has 0 aromatic heterocycles. The van der Waals surface area contributed by atoms with Gasteiger partial charge in [-0.3, -0.25) is 9.69 Å². The molecule has 0 radical (unpaired) electrons. The predicted octanol–water partition coefficient (Wildman–Crippen LogP) is 3.00. The second kappa shape index (κ2) is 10.3. The van der Waals surface area contributed by atoms with E-state index in [9.17, 15) is 4.79 Å². The molecule has 1 amide bonds. The molecule has 2 saturated heterocycles. The molecular weight excluding hydrogens is 350 g/mol. The summed E-state index contributed by atoms with van der Waals surface area (Å²) in [5.74, 6) is 2.66. The number of carbonyl (C=O) groups excluding carboxylic acids is 1. The fraction of sp³-hybridized carbons (Fsp3) is 0.696. The van der Waals surface area contributed by atoms with Crippen LogP contribution in [0.4, 0.5) is 0 Å². The summed E-state index contributed by atoms with van der Waals surface area (Å²) < 4.78 is 5.50. The Bertz CT molecular complexity index is 620. The first-order valence-corrected chi connectivity index (χ1v) is 10.9. The zero-order chi connectivity index (χ0) is 19.9. The lowest BCUT2D eigenvalue weighted by molar-refractivity contribution is -0.136. The summed E-state index contributed by atoms with van der Waals surface area (Å²) in [6.45, 7) is 11.2. The fourth-order valence-corrected chi connectivity index (χ4v) is 4.53. The third-order valence-corrected chi connectivity index (χ3v) is 6.08. The van der Waals surface area contributed by atoms with Crippen molar-refractivity contribution in [3.8, 4) is 5.75 Å². The van der Waals surface area contributed by atoms with Gasteiger partial charge in [-0.2, -0.15) is 0 Å². The van der Waals surface area contributed by atoms with E-state index in [1.54, 1.807) is 7.11 Å². The van der Waals surface area contributed by atoms with Crippen LogP contribution >= 0.6 is 0 Å². The van der Waals surface area contributed by atoms with Gasteiger partial charge in [0.15, 0.2) is 0 Å². The third-order valence-electron chi connectivity index (χ3n) is 6.08. The van der Waals surface area contributed by atoms with Gasteiger partial charge in [0.1, 0.15) is 5.75 Å². The van der Waals surface area contributed by atoms with E-state index in [0.717, 1.165) is 58.0 Å². The van der Waals surface area contributed by atoms with E-state index in [1.165, 1.54) is 18.4 Å². The van der Waals surface area contributed by atoms with E-state index in [0.29, 0.717) is 17.7 Å². The van der Waals surface area contributed by atoms with Crippen molar-refractivity contribution in [3.05, 3.63) is 29.8 Å². The molecule has 5 heteroatoms. The summed E-state index contributed by atoms with van der Waals surface area (Å²) in [4.78, 5) is 17.7. The van der Waals surface area contributed by atoms with Gasteiger partial charge in [0.25, 0.3) is 0 Å². The molecule has 1 aromatic rings. The number of methoxy groups -OCH3 is 1. The van der Waals surface area contributed by atoms with Gasteiger partial charge in [-0.25, -0.2) is 0 Å². The third kappa shape index (κ3) is 5.71. The summed E-state index contributed by atoms with van der Waals surface area (Å²) in [5, 5.41) is 3.34. The summed E-state index contributed by atoms with van der Waals surface area (Å²) in [6.07, 6.45) is 3.32. The number of nitrogens with one attached hydrogen (secondary N) is 1. The first-order chi connectivity index (χ1) is 13.6. The van der Waals surface area contributed by atoms with Gasteiger partial charge in [-0.15, -0.1) is 0 Å². The van der Waals surface area contributed by atoms with Crippen molar-refractivity contribution >= 4 is 5.91 Å². The summed E-state index contributed by atoms with van der Waals surface area (Å²) in [5.41, 5.74) is 1.26. The molecule has 2 heterocycles. The number of piperidine rings is 1. The number of amides is 1. The highest BCUT2D eigenvalue weighted by molar-refractivity contribution is 5.79. The van der Waals surface area contributed by atoms with Crippen LogP contribution in [0, 0.1) is 17.8 Å². The van der Waals surface area contributed by atoms with Crippen molar-refractivity contribution in [1.29, 1.82) is 0 Å². The Morgan fingerprint density at radius 3 is 2.64 bits per heavy atom. The van der Waals surface area contributed by atoms with Crippen LogP contribution in [-0.2, 0) is 11.3 Å². The molecule has 2 aliphatic rings. The van der Waals surface area contributed by atoms with Crippen molar-refractivity contribution in [2.45, 2.75) is 39.7 Å². The number of benzene rings is 1. The smallest absolute Gasteiger partial charge is 0.227 e. The molecule has 1 aromatic carbocycles. The first kappa shape index (κ1) is 21.1. The lowest BCUT2D eigenvalue weighted by atomic mass is 9.94. The Morgan fingerprint density at radius 2 is 2.00 bits per heavy atom. The minimum atomic E-state index is 0.185. The molecule has 28 heavy (non-hydrogen) atoms. The Kier molecular flexibility index (Phi) is 7.74. The number of nitrogens with zero attached hydrogens (tertiary/aromatic N) is 2. The number of ether oxygens (including phenoxy) is 1.